The van der Waals surface area contributed by atoms with Crippen molar-refractivity contribution in [3.05, 3.63) is 53.7 Å². The standard InChI is InChI=1S/C14H17FN4/c1-16-8-6-13-17-9-7-14(19-13)18-10-11-4-2-3-5-12(11)15/h2-5,7,9,16H,6,8,10H2,1H3,(H,17,18,19). The van der Waals surface area contributed by atoms with E-state index in [9.17, 15) is 4.39 Å². The summed E-state index contributed by atoms with van der Waals surface area (Å²) < 4.78 is 13.5. The van der Waals surface area contributed by atoms with Crippen LogP contribution in [0.4, 0.5) is 10.2 Å². The number of halogens is 1. The SMILES string of the molecule is CNCCc1nccc(NCc2ccccc2F)n1. The van der Waals surface area contributed by atoms with E-state index in [1.807, 2.05) is 13.1 Å². The van der Waals surface area contributed by atoms with Crippen molar-refractivity contribution in [2.45, 2.75) is 13.0 Å². The maximum atomic E-state index is 13.5. The first-order chi connectivity index (χ1) is 9.29. The molecule has 0 saturated heterocycles. The van der Waals surface area contributed by atoms with Crippen LogP contribution in [-0.4, -0.2) is 23.6 Å². The fourth-order valence-electron chi connectivity index (χ4n) is 1.68. The van der Waals surface area contributed by atoms with E-state index in [0.717, 1.165) is 18.8 Å². The monoisotopic (exact) mass is 260 g/mol. The van der Waals surface area contributed by atoms with Crippen LogP contribution in [0.1, 0.15) is 11.4 Å². The Morgan fingerprint density at radius 1 is 1.21 bits per heavy atom. The van der Waals surface area contributed by atoms with Gasteiger partial charge >= 0.3 is 0 Å². The maximum absolute atomic E-state index is 13.5. The zero-order chi connectivity index (χ0) is 13.5. The molecule has 0 bridgehead atoms. The summed E-state index contributed by atoms with van der Waals surface area (Å²) in [5.74, 6) is 1.27. The van der Waals surface area contributed by atoms with Crippen molar-refractivity contribution in [1.82, 2.24) is 15.3 Å². The molecule has 0 fully saturated rings. The van der Waals surface area contributed by atoms with E-state index in [2.05, 4.69) is 20.6 Å². The second-order valence-corrected chi connectivity index (χ2v) is 4.16. The van der Waals surface area contributed by atoms with E-state index >= 15 is 0 Å². The van der Waals surface area contributed by atoms with Crippen LogP contribution in [-0.2, 0) is 13.0 Å². The molecule has 4 nitrogen and oxygen atoms in total. The quantitative estimate of drug-likeness (QED) is 0.834. The Labute approximate surface area is 112 Å². The van der Waals surface area contributed by atoms with Crippen molar-refractivity contribution >= 4 is 5.82 Å². The van der Waals surface area contributed by atoms with E-state index in [1.165, 1.54) is 6.07 Å². The molecule has 1 heterocycles. The van der Waals surface area contributed by atoms with Crippen LogP contribution < -0.4 is 10.6 Å². The van der Waals surface area contributed by atoms with Crippen LogP contribution in [0, 0.1) is 5.82 Å². The lowest BCUT2D eigenvalue weighted by atomic mass is 10.2. The Balaban J connectivity index is 1.98. The molecule has 19 heavy (non-hydrogen) atoms. The molecule has 2 N–H and O–H groups in total. The van der Waals surface area contributed by atoms with E-state index < -0.39 is 0 Å². The van der Waals surface area contributed by atoms with Gasteiger partial charge in [0.1, 0.15) is 17.5 Å². The predicted octanol–water partition coefficient (Wildman–Crippen LogP) is 1.99. The fourth-order valence-corrected chi connectivity index (χ4v) is 1.68. The average molecular weight is 260 g/mol. The van der Waals surface area contributed by atoms with Crippen molar-refractivity contribution in [3.8, 4) is 0 Å². The van der Waals surface area contributed by atoms with Gasteiger partial charge in [-0.25, -0.2) is 14.4 Å². The van der Waals surface area contributed by atoms with Gasteiger partial charge in [0.05, 0.1) is 0 Å². The molecule has 0 amide bonds. The Bertz CT molecular complexity index is 530. The molecule has 0 radical (unpaired) electrons. The van der Waals surface area contributed by atoms with Gasteiger partial charge in [0.25, 0.3) is 0 Å². The first-order valence-electron chi connectivity index (χ1n) is 6.23. The normalized spacial score (nSPS) is 10.4. The number of likely N-dealkylation sites (N-methyl/N-ethyl adjacent to an activating group) is 1. The second-order valence-electron chi connectivity index (χ2n) is 4.16. The summed E-state index contributed by atoms with van der Waals surface area (Å²) in [5.41, 5.74) is 0.623. The van der Waals surface area contributed by atoms with Gasteiger partial charge in [0, 0.05) is 31.3 Å². The maximum Gasteiger partial charge on any atom is 0.131 e. The lowest BCUT2D eigenvalue weighted by Gasteiger charge is -2.07. The molecule has 0 aliphatic rings. The number of benzene rings is 1. The highest BCUT2D eigenvalue weighted by atomic mass is 19.1. The van der Waals surface area contributed by atoms with E-state index in [1.54, 1.807) is 24.4 Å². The van der Waals surface area contributed by atoms with Gasteiger partial charge in [0.2, 0.25) is 0 Å². The third kappa shape index (κ3) is 3.99. The molecule has 0 aliphatic carbocycles. The van der Waals surface area contributed by atoms with Crippen molar-refractivity contribution in [2.75, 3.05) is 18.9 Å². The minimum atomic E-state index is -0.209. The Morgan fingerprint density at radius 3 is 2.84 bits per heavy atom. The van der Waals surface area contributed by atoms with Crippen molar-refractivity contribution in [2.24, 2.45) is 0 Å². The summed E-state index contributed by atoms with van der Waals surface area (Å²) >= 11 is 0. The highest BCUT2D eigenvalue weighted by Gasteiger charge is 2.02. The topological polar surface area (TPSA) is 49.8 Å². The summed E-state index contributed by atoms with van der Waals surface area (Å²) in [5, 5.41) is 6.16. The summed E-state index contributed by atoms with van der Waals surface area (Å²) in [6.45, 7) is 1.24. The minimum absolute atomic E-state index is 0.209. The molecule has 0 unspecified atom stereocenters. The van der Waals surface area contributed by atoms with Gasteiger partial charge in [0.15, 0.2) is 0 Å². The van der Waals surface area contributed by atoms with Crippen molar-refractivity contribution < 1.29 is 4.39 Å². The van der Waals surface area contributed by atoms with Gasteiger partial charge in [-0.3, -0.25) is 0 Å². The van der Waals surface area contributed by atoms with E-state index in [0.29, 0.717) is 17.9 Å². The summed E-state index contributed by atoms with van der Waals surface area (Å²) in [6, 6.07) is 8.49. The number of nitrogens with zero attached hydrogens (tertiary/aromatic N) is 2. The van der Waals surface area contributed by atoms with Crippen LogP contribution >= 0.6 is 0 Å². The highest BCUT2D eigenvalue weighted by Crippen LogP contribution is 2.09. The molecule has 1 aromatic heterocycles. The smallest absolute Gasteiger partial charge is 0.131 e. The van der Waals surface area contributed by atoms with Gasteiger partial charge in [-0.2, -0.15) is 0 Å². The molecule has 0 atom stereocenters. The third-order valence-corrected chi connectivity index (χ3v) is 2.72. The first kappa shape index (κ1) is 13.4. The molecular weight excluding hydrogens is 243 g/mol. The Morgan fingerprint density at radius 2 is 2.05 bits per heavy atom. The van der Waals surface area contributed by atoms with E-state index in [-0.39, 0.29) is 5.82 Å². The zero-order valence-corrected chi connectivity index (χ0v) is 10.9. The summed E-state index contributed by atoms with van der Waals surface area (Å²) in [7, 11) is 1.89. The zero-order valence-electron chi connectivity index (χ0n) is 10.9. The highest BCUT2D eigenvalue weighted by molar-refractivity contribution is 5.34. The third-order valence-electron chi connectivity index (χ3n) is 2.72. The number of hydrogen-bond acceptors (Lipinski definition) is 4. The second kappa shape index (κ2) is 6.80. The van der Waals surface area contributed by atoms with Crippen molar-refractivity contribution in [1.29, 1.82) is 0 Å². The van der Waals surface area contributed by atoms with Gasteiger partial charge in [-0.15, -0.1) is 0 Å². The molecule has 100 valence electrons. The van der Waals surface area contributed by atoms with Gasteiger partial charge < -0.3 is 10.6 Å². The number of hydrogen-bond donors (Lipinski definition) is 2. The van der Waals surface area contributed by atoms with Gasteiger partial charge in [-0.1, -0.05) is 18.2 Å². The predicted molar refractivity (Wildman–Crippen MR) is 73.4 cm³/mol. The molecular formula is C14H17FN4. The molecule has 0 aliphatic heterocycles. The summed E-state index contributed by atoms with van der Waals surface area (Å²) in [4.78, 5) is 8.55. The largest absolute Gasteiger partial charge is 0.366 e. The van der Waals surface area contributed by atoms with Crippen LogP contribution in [0.3, 0.4) is 0 Å². The molecule has 2 aromatic rings. The molecule has 1 aromatic carbocycles. The lowest BCUT2D eigenvalue weighted by molar-refractivity contribution is 0.613. The van der Waals surface area contributed by atoms with Crippen LogP contribution in [0.15, 0.2) is 36.5 Å². The number of aromatic nitrogens is 2. The Hall–Kier alpha value is -2.01. The fraction of sp³-hybridized carbons (Fsp3) is 0.286. The number of rotatable bonds is 6. The minimum Gasteiger partial charge on any atom is -0.366 e. The van der Waals surface area contributed by atoms with E-state index in [4.69, 9.17) is 0 Å². The summed E-state index contributed by atoms with van der Waals surface area (Å²) in [6.07, 6.45) is 2.48. The molecule has 2 rings (SSSR count). The molecule has 0 spiro atoms. The van der Waals surface area contributed by atoms with Crippen LogP contribution in [0.2, 0.25) is 0 Å². The first-order valence-corrected chi connectivity index (χ1v) is 6.23. The van der Waals surface area contributed by atoms with Crippen LogP contribution in [0.5, 0.6) is 0 Å². The van der Waals surface area contributed by atoms with Crippen LogP contribution in [0.25, 0.3) is 0 Å². The molecule has 0 saturated carbocycles. The average Bonchev–Trinajstić information content (AvgIpc) is 2.45. The Kier molecular flexibility index (Phi) is 4.80. The van der Waals surface area contributed by atoms with Crippen molar-refractivity contribution in [3.63, 3.8) is 0 Å². The number of anilines is 1. The number of nitrogens with one attached hydrogen (secondary N) is 2. The molecule has 5 heteroatoms. The van der Waals surface area contributed by atoms with Gasteiger partial charge in [-0.05, 0) is 19.2 Å². The lowest BCUT2D eigenvalue weighted by Crippen LogP contribution is -2.13.